The Labute approximate surface area is 279 Å². The Hall–Kier alpha value is -4.47. The summed E-state index contributed by atoms with van der Waals surface area (Å²) in [5, 5.41) is 0. The van der Waals surface area contributed by atoms with Gasteiger partial charge in [0.05, 0.1) is 0 Å². The second-order valence-corrected chi connectivity index (χ2v) is 16.8. The van der Waals surface area contributed by atoms with Gasteiger partial charge in [0, 0.05) is 0 Å². The van der Waals surface area contributed by atoms with E-state index in [0.29, 0.717) is 35.2 Å². The van der Waals surface area contributed by atoms with Crippen LogP contribution in [0.5, 0.6) is 28.7 Å². The zero-order chi connectivity index (χ0) is 33.5. The van der Waals surface area contributed by atoms with Gasteiger partial charge in [0.2, 0.25) is 0 Å². The molecule has 5 aromatic rings. The van der Waals surface area contributed by atoms with Gasteiger partial charge >= 0.3 is 280 Å². The molecule has 0 bridgehead atoms. The van der Waals surface area contributed by atoms with E-state index in [9.17, 15) is 0 Å². The van der Waals surface area contributed by atoms with Crippen molar-refractivity contribution in [2.75, 3.05) is 0 Å². The molecule has 0 atom stereocenters. The van der Waals surface area contributed by atoms with Crippen molar-refractivity contribution < 1.29 is 22.6 Å². The number of hydrogen-bond donors (Lipinski definition) is 0. The van der Waals surface area contributed by atoms with E-state index in [1.54, 1.807) is 0 Å². The molecule has 47 heavy (non-hydrogen) atoms. The van der Waals surface area contributed by atoms with E-state index < -0.39 is 7.74 Å². The number of benzene rings is 5. The second kappa shape index (κ2) is 12.0. The molecular formula is C41H45O5P. The van der Waals surface area contributed by atoms with Crippen LogP contribution in [0.15, 0.2) is 115 Å². The van der Waals surface area contributed by atoms with Crippen LogP contribution in [0.1, 0.15) is 74.9 Å². The molecule has 244 valence electrons. The summed E-state index contributed by atoms with van der Waals surface area (Å²) >= 11 is 0. The van der Waals surface area contributed by atoms with Gasteiger partial charge < -0.3 is 0 Å². The van der Waals surface area contributed by atoms with Crippen molar-refractivity contribution in [1.29, 1.82) is 0 Å². The van der Waals surface area contributed by atoms with Gasteiger partial charge in [0.15, 0.2) is 0 Å². The third-order valence-corrected chi connectivity index (χ3v) is 10.6. The maximum absolute atomic E-state index is 7.43. The van der Waals surface area contributed by atoms with Crippen molar-refractivity contribution >= 4 is 7.74 Å². The van der Waals surface area contributed by atoms with Crippen LogP contribution in [0, 0.1) is 13.8 Å². The predicted octanol–water partition coefficient (Wildman–Crippen LogP) is 11.6. The summed E-state index contributed by atoms with van der Waals surface area (Å²) in [5.74, 6) is 2.71. The fourth-order valence-electron chi connectivity index (χ4n) is 5.94. The molecule has 0 unspecified atom stereocenters. The van der Waals surface area contributed by atoms with Crippen molar-refractivity contribution in [1.82, 2.24) is 0 Å². The summed E-state index contributed by atoms with van der Waals surface area (Å²) in [7, 11) is -5.33. The maximum atomic E-state index is 7.43. The van der Waals surface area contributed by atoms with Crippen molar-refractivity contribution in [2.24, 2.45) is 0 Å². The van der Waals surface area contributed by atoms with Crippen molar-refractivity contribution in [3.05, 3.63) is 149 Å². The van der Waals surface area contributed by atoms with Crippen LogP contribution in [-0.4, -0.2) is 0 Å². The van der Waals surface area contributed by atoms with Crippen LogP contribution in [0.4, 0.5) is 0 Å². The Morgan fingerprint density at radius 2 is 0.809 bits per heavy atom. The van der Waals surface area contributed by atoms with Gasteiger partial charge in [-0.2, -0.15) is 0 Å². The Kier molecular flexibility index (Phi) is 8.26. The molecule has 0 spiro atoms. The Morgan fingerprint density at radius 3 is 1.11 bits per heavy atom. The summed E-state index contributed by atoms with van der Waals surface area (Å²) < 4.78 is 36.2. The summed E-state index contributed by atoms with van der Waals surface area (Å²) in [6.45, 7) is 17.4. The summed E-state index contributed by atoms with van der Waals surface area (Å²) in [6, 6.07) is 37.2. The molecule has 1 aliphatic heterocycles. The van der Waals surface area contributed by atoms with E-state index in [1.807, 2.05) is 91.0 Å². The van der Waals surface area contributed by atoms with Gasteiger partial charge in [0.1, 0.15) is 0 Å². The Balaban J connectivity index is 1.79. The minimum atomic E-state index is -5.33. The first-order valence-corrected chi connectivity index (χ1v) is 18.0. The van der Waals surface area contributed by atoms with Crippen LogP contribution < -0.4 is 22.6 Å². The molecule has 0 saturated carbocycles. The topological polar surface area (TPSA) is 46.2 Å². The number of fused-ring (bicyclic) bond motifs is 2. The van der Waals surface area contributed by atoms with Gasteiger partial charge in [-0.15, -0.1) is 0 Å². The number of hydrogen-bond acceptors (Lipinski definition) is 5. The molecule has 5 nitrogen and oxygen atoms in total. The summed E-state index contributed by atoms with van der Waals surface area (Å²) in [4.78, 5) is 0. The van der Waals surface area contributed by atoms with Crippen molar-refractivity contribution in [3.63, 3.8) is 0 Å². The molecule has 0 N–H and O–H groups in total. The van der Waals surface area contributed by atoms with E-state index in [0.717, 1.165) is 33.4 Å². The van der Waals surface area contributed by atoms with E-state index in [-0.39, 0.29) is 10.8 Å². The molecule has 6 heteroatoms. The minimum absolute atomic E-state index is 0.298. The van der Waals surface area contributed by atoms with E-state index in [1.165, 1.54) is 0 Å². The first-order valence-electron chi connectivity index (χ1n) is 16.2. The van der Waals surface area contributed by atoms with E-state index in [2.05, 4.69) is 79.7 Å². The molecule has 0 amide bonds. The molecule has 1 aliphatic rings. The van der Waals surface area contributed by atoms with Crippen LogP contribution in [-0.2, 0) is 17.3 Å². The number of para-hydroxylation sites is 3. The first kappa shape index (κ1) is 32.5. The molecular weight excluding hydrogens is 603 g/mol. The molecule has 0 fully saturated rings. The standard InChI is InChI=1S/C41H45O5P/c1-29-24-31-28-32-25-30(2)27-37(41(6,7)8)39(32)46-47(42-33-18-12-9-13-19-33,43-34-20-14-10-15-21-34,44-35-22-16-11-17-23-35)45-38(31)36(26-29)40(3,4)5/h9-27H,28H2,1-8H3. The Bertz CT molecular complexity index is 1690. The van der Waals surface area contributed by atoms with Crippen LogP contribution >= 0.6 is 7.74 Å². The van der Waals surface area contributed by atoms with E-state index in [4.69, 9.17) is 22.6 Å². The second-order valence-electron chi connectivity index (χ2n) is 14.4. The molecule has 0 aliphatic carbocycles. The quantitative estimate of drug-likeness (QED) is 0.171. The van der Waals surface area contributed by atoms with Gasteiger partial charge in [-0.1, -0.05) is 0 Å². The zero-order valence-electron chi connectivity index (χ0n) is 28.7. The average molecular weight is 649 g/mol. The summed E-state index contributed by atoms with van der Waals surface area (Å²) in [5.41, 5.74) is 5.70. The molecule has 0 radical (unpaired) electrons. The van der Waals surface area contributed by atoms with Crippen LogP contribution in [0.3, 0.4) is 0 Å². The van der Waals surface area contributed by atoms with Gasteiger partial charge in [-0.3, -0.25) is 0 Å². The van der Waals surface area contributed by atoms with Gasteiger partial charge in [0.25, 0.3) is 0 Å². The average Bonchev–Trinajstić information content (AvgIpc) is 2.99. The van der Waals surface area contributed by atoms with Crippen molar-refractivity contribution in [3.8, 4) is 28.7 Å². The number of rotatable bonds is 6. The third kappa shape index (κ3) is 6.82. The normalized spacial score (nSPS) is 16.0. The molecule has 0 saturated heterocycles. The van der Waals surface area contributed by atoms with E-state index >= 15 is 0 Å². The fourth-order valence-corrected chi connectivity index (χ4v) is 8.74. The molecule has 5 aromatic carbocycles. The van der Waals surface area contributed by atoms with Crippen molar-refractivity contribution in [2.45, 2.75) is 72.6 Å². The molecule has 6 rings (SSSR count). The Morgan fingerprint density at radius 1 is 0.489 bits per heavy atom. The third-order valence-electron chi connectivity index (χ3n) is 8.09. The van der Waals surface area contributed by atoms with Gasteiger partial charge in [-0.05, 0) is 0 Å². The van der Waals surface area contributed by atoms with Gasteiger partial charge in [-0.25, -0.2) is 0 Å². The first-order chi connectivity index (χ1) is 22.2. The van der Waals surface area contributed by atoms with Crippen LogP contribution in [0.25, 0.3) is 0 Å². The number of aryl methyl sites for hydroxylation is 2. The predicted molar refractivity (Wildman–Crippen MR) is 192 cm³/mol. The SMILES string of the molecule is Cc1cc2c(c(C(C)(C)C)c1)OP(Oc1ccccc1)(Oc1ccccc1)(Oc1ccccc1)Oc1c(cc(C)cc1C(C)(C)C)C2. The molecule has 1 heterocycles. The monoisotopic (exact) mass is 648 g/mol. The fraction of sp³-hybridized carbons (Fsp3) is 0.268. The van der Waals surface area contributed by atoms with Crippen LogP contribution in [0.2, 0.25) is 0 Å². The zero-order valence-corrected chi connectivity index (χ0v) is 29.6. The molecule has 0 aromatic heterocycles. The summed E-state index contributed by atoms with van der Waals surface area (Å²) in [6.07, 6.45) is 0.592.